The van der Waals surface area contributed by atoms with Crippen molar-refractivity contribution in [2.75, 3.05) is 10.2 Å². The zero-order chi connectivity index (χ0) is 19.5. The van der Waals surface area contributed by atoms with Crippen LogP contribution in [-0.4, -0.2) is 27.8 Å². The SMILES string of the molecule is Cc1ccc(NC(=O)C2CCc3ccccc3N2C(=O)c2cnccn2)cc1. The summed E-state index contributed by atoms with van der Waals surface area (Å²) in [5.74, 6) is -0.542. The third-order valence-electron chi connectivity index (χ3n) is 4.87. The molecule has 1 aliphatic rings. The van der Waals surface area contributed by atoms with Gasteiger partial charge in [0, 0.05) is 23.8 Å². The van der Waals surface area contributed by atoms with Gasteiger partial charge >= 0.3 is 0 Å². The van der Waals surface area contributed by atoms with E-state index in [4.69, 9.17) is 0 Å². The number of aromatic nitrogens is 2. The molecule has 6 nitrogen and oxygen atoms in total. The van der Waals surface area contributed by atoms with Crippen molar-refractivity contribution in [3.63, 3.8) is 0 Å². The third-order valence-corrected chi connectivity index (χ3v) is 4.87. The van der Waals surface area contributed by atoms with E-state index in [1.165, 1.54) is 18.6 Å². The smallest absolute Gasteiger partial charge is 0.279 e. The maximum Gasteiger partial charge on any atom is 0.279 e. The van der Waals surface area contributed by atoms with Crippen LogP contribution in [0.3, 0.4) is 0 Å². The van der Waals surface area contributed by atoms with Crippen molar-refractivity contribution in [2.24, 2.45) is 0 Å². The summed E-state index contributed by atoms with van der Waals surface area (Å²) in [7, 11) is 0. The maximum absolute atomic E-state index is 13.2. The van der Waals surface area contributed by atoms with Crippen LogP contribution in [0.4, 0.5) is 11.4 Å². The molecular formula is C22H20N4O2. The van der Waals surface area contributed by atoms with Crippen molar-refractivity contribution in [1.29, 1.82) is 0 Å². The molecule has 1 atom stereocenters. The normalized spacial score (nSPS) is 15.6. The van der Waals surface area contributed by atoms with E-state index in [0.29, 0.717) is 12.1 Å². The number of amides is 2. The summed E-state index contributed by atoms with van der Waals surface area (Å²) in [6.45, 7) is 1.99. The van der Waals surface area contributed by atoms with Crippen molar-refractivity contribution in [1.82, 2.24) is 9.97 Å². The van der Waals surface area contributed by atoms with Crippen LogP contribution in [0.15, 0.2) is 67.1 Å². The van der Waals surface area contributed by atoms with Gasteiger partial charge in [-0.3, -0.25) is 19.5 Å². The summed E-state index contributed by atoms with van der Waals surface area (Å²) >= 11 is 0. The number of nitrogens with zero attached hydrogens (tertiary/aromatic N) is 3. The summed E-state index contributed by atoms with van der Waals surface area (Å²) in [5.41, 5.74) is 3.82. The van der Waals surface area contributed by atoms with Crippen molar-refractivity contribution < 1.29 is 9.59 Å². The zero-order valence-electron chi connectivity index (χ0n) is 15.5. The lowest BCUT2D eigenvalue weighted by atomic mass is 9.94. The summed E-state index contributed by atoms with van der Waals surface area (Å²) in [6.07, 6.45) is 5.69. The number of carbonyl (C=O) groups is 2. The maximum atomic E-state index is 13.2. The minimum atomic E-state index is -0.620. The van der Waals surface area contributed by atoms with Gasteiger partial charge in [0.1, 0.15) is 11.7 Å². The first-order valence-electron chi connectivity index (χ1n) is 9.18. The number of aryl methyl sites for hydroxylation is 2. The Labute approximate surface area is 163 Å². The Morgan fingerprint density at radius 3 is 2.61 bits per heavy atom. The van der Waals surface area contributed by atoms with Crippen LogP contribution in [-0.2, 0) is 11.2 Å². The average Bonchev–Trinajstić information content (AvgIpc) is 2.74. The van der Waals surface area contributed by atoms with Gasteiger partial charge in [0.2, 0.25) is 5.91 Å². The quantitative estimate of drug-likeness (QED) is 0.765. The van der Waals surface area contributed by atoms with E-state index in [0.717, 1.165) is 23.2 Å². The summed E-state index contributed by atoms with van der Waals surface area (Å²) in [6, 6.07) is 14.6. The van der Waals surface area contributed by atoms with Crippen LogP contribution in [0.25, 0.3) is 0 Å². The zero-order valence-corrected chi connectivity index (χ0v) is 15.5. The molecule has 1 aliphatic heterocycles. The van der Waals surface area contributed by atoms with Crippen molar-refractivity contribution in [3.05, 3.63) is 83.9 Å². The molecule has 1 aromatic heterocycles. The molecule has 0 radical (unpaired) electrons. The largest absolute Gasteiger partial charge is 0.324 e. The first-order valence-corrected chi connectivity index (χ1v) is 9.18. The highest BCUT2D eigenvalue weighted by molar-refractivity contribution is 6.11. The van der Waals surface area contributed by atoms with E-state index in [1.807, 2.05) is 55.5 Å². The number of hydrogen-bond acceptors (Lipinski definition) is 4. The van der Waals surface area contributed by atoms with Gasteiger partial charge in [-0.1, -0.05) is 35.9 Å². The number of benzene rings is 2. The Balaban J connectivity index is 1.68. The monoisotopic (exact) mass is 372 g/mol. The summed E-state index contributed by atoms with van der Waals surface area (Å²) in [4.78, 5) is 36.0. The Morgan fingerprint density at radius 2 is 1.86 bits per heavy atom. The molecule has 2 aromatic carbocycles. The first-order chi connectivity index (χ1) is 13.6. The highest BCUT2D eigenvalue weighted by atomic mass is 16.2. The van der Waals surface area contributed by atoms with Crippen LogP contribution < -0.4 is 10.2 Å². The van der Waals surface area contributed by atoms with Crippen LogP contribution >= 0.6 is 0 Å². The molecule has 0 fully saturated rings. The molecule has 0 saturated heterocycles. The molecule has 0 saturated carbocycles. The number of para-hydroxylation sites is 1. The molecular weight excluding hydrogens is 352 g/mol. The highest BCUT2D eigenvalue weighted by Gasteiger charge is 2.36. The van der Waals surface area contributed by atoms with Gasteiger partial charge in [0.15, 0.2) is 0 Å². The molecule has 1 N–H and O–H groups in total. The average molecular weight is 372 g/mol. The lowest BCUT2D eigenvalue weighted by molar-refractivity contribution is -0.117. The molecule has 1 unspecified atom stereocenters. The Morgan fingerprint density at radius 1 is 1.07 bits per heavy atom. The van der Waals surface area contributed by atoms with Gasteiger partial charge in [-0.25, -0.2) is 4.98 Å². The van der Waals surface area contributed by atoms with Gasteiger partial charge in [-0.05, 0) is 43.5 Å². The van der Waals surface area contributed by atoms with Crippen molar-refractivity contribution >= 4 is 23.2 Å². The van der Waals surface area contributed by atoms with E-state index < -0.39 is 6.04 Å². The van der Waals surface area contributed by atoms with Gasteiger partial charge in [-0.15, -0.1) is 0 Å². The summed E-state index contributed by atoms with van der Waals surface area (Å²) < 4.78 is 0. The highest BCUT2D eigenvalue weighted by Crippen LogP contribution is 2.32. The standard InChI is InChI=1S/C22H20N4O2/c1-15-6-9-17(10-7-15)25-21(27)20-11-8-16-4-2-3-5-19(16)26(20)22(28)18-14-23-12-13-24-18/h2-7,9-10,12-14,20H,8,11H2,1H3,(H,25,27). The molecule has 28 heavy (non-hydrogen) atoms. The van der Waals surface area contributed by atoms with Gasteiger partial charge in [0.05, 0.1) is 6.20 Å². The Bertz CT molecular complexity index is 1000. The van der Waals surface area contributed by atoms with E-state index in [2.05, 4.69) is 15.3 Å². The number of anilines is 2. The van der Waals surface area contributed by atoms with E-state index in [9.17, 15) is 9.59 Å². The number of hydrogen-bond donors (Lipinski definition) is 1. The number of rotatable bonds is 3. The third kappa shape index (κ3) is 3.49. The predicted octanol–water partition coefficient (Wildman–Crippen LogP) is 3.39. The number of fused-ring (bicyclic) bond motifs is 1. The minimum Gasteiger partial charge on any atom is -0.324 e. The molecule has 2 heterocycles. The lowest BCUT2D eigenvalue weighted by Gasteiger charge is -2.36. The van der Waals surface area contributed by atoms with Crippen molar-refractivity contribution in [3.8, 4) is 0 Å². The van der Waals surface area contributed by atoms with Gasteiger partial charge < -0.3 is 5.32 Å². The fraction of sp³-hybridized carbons (Fsp3) is 0.182. The lowest BCUT2D eigenvalue weighted by Crippen LogP contribution is -2.50. The fourth-order valence-corrected chi connectivity index (χ4v) is 3.44. The molecule has 6 heteroatoms. The Hall–Kier alpha value is -3.54. The minimum absolute atomic E-state index is 0.212. The van der Waals surface area contributed by atoms with Crippen LogP contribution in [0, 0.1) is 6.92 Å². The fourth-order valence-electron chi connectivity index (χ4n) is 3.44. The first kappa shape index (κ1) is 17.9. The molecule has 0 spiro atoms. The number of carbonyl (C=O) groups excluding carboxylic acids is 2. The Kier molecular flexibility index (Phi) is 4.85. The molecule has 0 bridgehead atoms. The van der Waals surface area contributed by atoms with Crippen molar-refractivity contribution in [2.45, 2.75) is 25.8 Å². The van der Waals surface area contributed by atoms with Gasteiger partial charge in [0.25, 0.3) is 5.91 Å². The second-order valence-corrected chi connectivity index (χ2v) is 6.80. The topological polar surface area (TPSA) is 75.2 Å². The van der Waals surface area contributed by atoms with E-state index in [-0.39, 0.29) is 17.5 Å². The van der Waals surface area contributed by atoms with Crippen LogP contribution in [0.1, 0.15) is 28.0 Å². The molecule has 2 amide bonds. The second kappa shape index (κ2) is 7.60. The molecule has 3 aromatic rings. The summed E-state index contributed by atoms with van der Waals surface area (Å²) in [5, 5.41) is 2.94. The number of nitrogens with one attached hydrogen (secondary N) is 1. The molecule has 140 valence electrons. The molecule has 0 aliphatic carbocycles. The van der Waals surface area contributed by atoms with Gasteiger partial charge in [-0.2, -0.15) is 0 Å². The van der Waals surface area contributed by atoms with E-state index in [1.54, 1.807) is 4.90 Å². The second-order valence-electron chi connectivity index (χ2n) is 6.80. The molecule has 4 rings (SSSR count). The predicted molar refractivity (Wildman–Crippen MR) is 107 cm³/mol. The van der Waals surface area contributed by atoms with Crippen LogP contribution in [0.5, 0.6) is 0 Å². The van der Waals surface area contributed by atoms with E-state index >= 15 is 0 Å². The van der Waals surface area contributed by atoms with Crippen LogP contribution in [0.2, 0.25) is 0 Å².